The molecule has 1 aliphatic heterocycles. The number of aryl methyl sites for hydroxylation is 1. The number of fused-ring (bicyclic) bond motifs is 1. The Bertz CT molecular complexity index is 655. The van der Waals surface area contributed by atoms with Gasteiger partial charge in [0.05, 0.1) is 6.42 Å². The minimum atomic E-state index is 0. The predicted octanol–water partition coefficient (Wildman–Crippen LogP) is 2.96. The third-order valence-corrected chi connectivity index (χ3v) is 4.20. The first-order chi connectivity index (χ1) is 10.7. The first-order valence-electron chi connectivity index (χ1n) is 7.86. The highest BCUT2D eigenvalue weighted by molar-refractivity contribution is 5.85. The van der Waals surface area contributed by atoms with Crippen molar-refractivity contribution < 1.29 is 4.79 Å². The van der Waals surface area contributed by atoms with Crippen molar-refractivity contribution in [3.63, 3.8) is 0 Å². The summed E-state index contributed by atoms with van der Waals surface area (Å²) in [5, 5.41) is 6.54. The zero-order chi connectivity index (χ0) is 15.4. The molecule has 0 saturated heterocycles. The Balaban J connectivity index is 0.00000192. The molecule has 1 unspecified atom stereocenters. The average molecular weight is 331 g/mol. The summed E-state index contributed by atoms with van der Waals surface area (Å²) in [5.74, 6) is 0.0775. The van der Waals surface area contributed by atoms with Crippen molar-refractivity contribution in [2.75, 3.05) is 13.1 Å². The number of amides is 1. The first-order valence-corrected chi connectivity index (χ1v) is 7.86. The van der Waals surface area contributed by atoms with Crippen LogP contribution in [0.3, 0.4) is 0 Å². The van der Waals surface area contributed by atoms with E-state index < -0.39 is 0 Å². The van der Waals surface area contributed by atoms with Gasteiger partial charge in [0.15, 0.2) is 0 Å². The fourth-order valence-electron chi connectivity index (χ4n) is 2.94. The summed E-state index contributed by atoms with van der Waals surface area (Å²) in [6.07, 6.45) is 1.50. The van der Waals surface area contributed by atoms with Crippen LogP contribution in [0.25, 0.3) is 0 Å². The van der Waals surface area contributed by atoms with Crippen LogP contribution in [-0.2, 0) is 17.6 Å². The molecule has 3 rings (SSSR count). The number of benzene rings is 2. The number of hydrogen-bond acceptors (Lipinski definition) is 2. The Morgan fingerprint density at radius 2 is 1.91 bits per heavy atom. The van der Waals surface area contributed by atoms with Crippen LogP contribution < -0.4 is 10.6 Å². The lowest BCUT2D eigenvalue weighted by Gasteiger charge is -2.27. The van der Waals surface area contributed by atoms with Gasteiger partial charge in [-0.3, -0.25) is 4.79 Å². The van der Waals surface area contributed by atoms with E-state index in [0.717, 1.165) is 18.5 Å². The predicted molar refractivity (Wildman–Crippen MR) is 96.0 cm³/mol. The highest BCUT2D eigenvalue weighted by atomic mass is 35.5. The van der Waals surface area contributed by atoms with E-state index in [-0.39, 0.29) is 24.4 Å². The third kappa shape index (κ3) is 4.57. The molecule has 3 nitrogen and oxygen atoms in total. The van der Waals surface area contributed by atoms with Crippen LogP contribution in [0.5, 0.6) is 0 Å². The molecular weight excluding hydrogens is 308 g/mol. The fourth-order valence-corrected chi connectivity index (χ4v) is 2.94. The van der Waals surface area contributed by atoms with Gasteiger partial charge in [-0.2, -0.15) is 0 Å². The Labute approximate surface area is 143 Å². The molecule has 0 fully saturated rings. The first kappa shape index (κ1) is 17.5. The molecular formula is C19H23ClN2O. The molecule has 1 amide bonds. The van der Waals surface area contributed by atoms with Gasteiger partial charge in [0.25, 0.3) is 0 Å². The van der Waals surface area contributed by atoms with Crippen LogP contribution >= 0.6 is 12.4 Å². The van der Waals surface area contributed by atoms with E-state index in [0.29, 0.717) is 13.0 Å². The van der Waals surface area contributed by atoms with Gasteiger partial charge < -0.3 is 10.6 Å². The summed E-state index contributed by atoms with van der Waals surface area (Å²) >= 11 is 0. The van der Waals surface area contributed by atoms with Crippen molar-refractivity contribution in [1.29, 1.82) is 0 Å². The second-order valence-electron chi connectivity index (χ2n) is 5.92. The fraction of sp³-hybridized carbons (Fsp3) is 0.316. The second-order valence-corrected chi connectivity index (χ2v) is 5.92. The van der Waals surface area contributed by atoms with Crippen LogP contribution in [0.15, 0.2) is 48.5 Å². The summed E-state index contributed by atoms with van der Waals surface area (Å²) in [6, 6.07) is 16.8. The zero-order valence-corrected chi connectivity index (χ0v) is 14.2. The van der Waals surface area contributed by atoms with E-state index in [4.69, 9.17) is 0 Å². The summed E-state index contributed by atoms with van der Waals surface area (Å²) in [6.45, 7) is 3.66. The maximum Gasteiger partial charge on any atom is 0.224 e. The molecule has 2 aromatic carbocycles. The smallest absolute Gasteiger partial charge is 0.224 e. The van der Waals surface area contributed by atoms with Crippen LogP contribution in [0.4, 0.5) is 0 Å². The Hall–Kier alpha value is -1.84. The average Bonchev–Trinajstić information content (AvgIpc) is 2.55. The number of halogens is 1. The summed E-state index contributed by atoms with van der Waals surface area (Å²) in [4.78, 5) is 12.1. The van der Waals surface area contributed by atoms with Crippen LogP contribution in [0, 0.1) is 6.92 Å². The minimum absolute atomic E-state index is 0. The molecule has 1 atom stereocenters. The third-order valence-electron chi connectivity index (χ3n) is 4.20. The molecule has 4 heteroatoms. The van der Waals surface area contributed by atoms with E-state index in [2.05, 4.69) is 41.8 Å². The van der Waals surface area contributed by atoms with Crippen molar-refractivity contribution in [2.45, 2.75) is 25.8 Å². The van der Waals surface area contributed by atoms with Gasteiger partial charge in [-0.1, -0.05) is 54.1 Å². The summed E-state index contributed by atoms with van der Waals surface area (Å²) in [5.41, 5.74) is 4.97. The van der Waals surface area contributed by atoms with Gasteiger partial charge in [-0.05, 0) is 36.6 Å². The second kappa shape index (κ2) is 8.14. The molecule has 0 aromatic heterocycles. The normalized spacial score (nSPS) is 16.1. The van der Waals surface area contributed by atoms with Gasteiger partial charge in [-0.25, -0.2) is 0 Å². The molecule has 23 heavy (non-hydrogen) atoms. The van der Waals surface area contributed by atoms with E-state index >= 15 is 0 Å². The van der Waals surface area contributed by atoms with Crippen LogP contribution in [0.1, 0.15) is 28.3 Å². The van der Waals surface area contributed by atoms with Gasteiger partial charge >= 0.3 is 0 Å². The molecule has 0 spiro atoms. The molecule has 122 valence electrons. The zero-order valence-electron chi connectivity index (χ0n) is 13.3. The molecule has 1 heterocycles. The van der Waals surface area contributed by atoms with Crippen molar-refractivity contribution in [3.05, 3.63) is 70.8 Å². The number of carbonyl (C=O) groups is 1. The number of carbonyl (C=O) groups excluding carboxylic acids is 1. The SMILES string of the molecule is Cc1ccc(CC(=O)NCC2NCCc3ccccc32)cc1.Cl. The lowest BCUT2D eigenvalue weighted by molar-refractivity contribution is -0.120. The van der Waals surface area contributed by atoms with Gasteiger partial charge in [0.2, 0.25) is 5.91 Å². The minimum Gasteiger partial charge on any atom is -0.354 e. The van der Waals surface area contributed by atoms with Crippen molar-refractivity contribution in [1.82, 2.24) is 10.6 Å². The standard InChI is InChI=1S/C19H22N2O.ClH/c1-14-6-8-15(9-7-14)12-19(22)21-13-18-17-5-3-2-4-16(17)10-11-20-18;/h2-9,18,20H,10-13H2,1H3,(H,21,22);1H. The van der Waals surface area contributed by atoms with E-state index in [1.807, 2.05) is 24.3 Å². The molecule has 2 aromatic rings. The Kier molecular flexibility index (Phi) is 6.20. The monoisotopic (exact) mass is 330 g/mol. The number of hydrogen-bond donors (Lipinski definition) is 2. The molecule has 1 aliphatic rings. The van der Waals surface area contributed by atoms with E-state index in [1.165, 1.54) is 16.7 Å². The molecule has 2 N–H and O–H groups in total. The van der Waals surface area contributed by atoms with Crippen LogP contribution in [-0.4, -0.2) is 19.0 Å². The van der Waals surface area contributed by atoms with Crippen molar-refractivity contribution in [3.8, 4) is 0 Å². The lowest BCUT2D eigenvalue weighted by atomic mass is 9.94. The molecule has 0 radical (unpaired) electrons. The molecule has 0 bridgehead atoms. The Morgan fingerprint density at radius 3 is 2.70 bits per heavy atom. The van der Waals surface area contributed by atoms with Gasteiger partial charge in [-0.15, -0.1) is 12.4 Å². The van der Waals surface area contributed by atoms with E-state index in [9.17, 15) is 4.79 Å². The van der Waals surface area contributed by atoms with Crippen molar-refractivity contribution in [2.24, 2.45) is 0 Å². The van der Waals surface area contributed by atoms with Gasteiger partial charge in [0, 0.05) is 12.6 Å². The van der Waals surface area contributed by atoms with Crippen molar-refractivity contribution >= 4 is 18.3 Å². The maximum absolute atomic E-state index is 12.1. The number of rotatable bonds is 4. The highest BCUT2D eigenvalue weighted by Gasteiger charge is 2.19. The maximum atomic E-state index is 12.1. The molecule has 0 aliphatic carbocycles. The number of nitrogens with one attached hydrogen (secondary N) is 2. The largest absolute Gasteiger partial charge is 0.354 e. The highest BCUT2D eigenvalue weighted by Crippen LogP contribution is 2.21. The lowest BCUT2D eigenvalue weighted by Crippen LogP contribution is -2.39. The van der Waals surface area contributed by atoms with Gasteiger partial charge in [0.1, 0.15) is 0 Å². The Morgan fingerprint density at radius 1 is 1.17 bits per heavy atom. The van der Waals surface area contributed by atoms with E-state index in [1.54, 1.807) is 0 Å². The molecule has 0 saturated carbocycles. The summed E-state index contributed by atoms with van der Waals surface area (Å²) < 4.78 is 0. The van der Waals surface area contributed by atoms with Crippen LogP contribution in [0.2, 0.25) is 0 Å². The topological polar surface area (TPSA) is 41.1 Å². The quantitative estimate of drug-likeness (QED) is 0.905. The summed E-state index contributed by atoms with van der Waals surface area (Å²) in [7, 11) is 0.